The molecule has 0 aliphatic carbocycles. The number of ether oxygens (including phenoxy) is 1. The molecule has 0 atom stereocenters. The number of halogens is 3. The largest absolute Gasteiger partial charge is 0.497 e. The van der Waals surface area contributed by atoms with Crippen molar-refractivity contribution in [3.8, 4) is 5.75 Å². The van der Waals surface area contributed by atoms with Crippen molar-refractivity contribution in [3.05, 3.63) is 61.1 Å². The Hall–Kier alpha value is -3.61. The van der Waals surface area contributed by atoms with Crippen LogP contribution >= 0.6 is 11.3 Å². The molecule has 3 aromatic rings. The van der Waals surface area contributed by atoms with Gasteiger partial charge in [0, 0.05) is 32.6 Å². The van der Waals surface area contributed by atoms with Crippen LogP contribution in [0.15, 0.2) is 33.9 Å². The predicted molar refractivity (Wildman–Crippen MR) is 143 cm³/mol. The van der Waals surface area contributed by atoms with Crippen molar-refractivity contribution in [2.45, 2.75) is 58.3 Å². The lowest BCUT2D eigenvalue weighted by molar-refractivity contribution is -0.138. The summed E-state index contributed by atoms with van der Waals surface area (Å²) < 4.78 is 46.5. The first-order chi connectivity index (χ1) is 18.9. The van der Waals surface area contributed by atoms with Gasteiger partial charge in [-0.15, -0.1) is 11.3 Å². The van der Waals surface area contributed by atoms with E-state index < -0.39 is 36.4 Å². The van der Waals surface area contributed by atoms with Gasteiger partial charge in [-0.3, -0.25) is 23.5 Å². The van der Waals surface area contributed by atoms with Gasteiger partial charge < -0.3 is 14.7 Å². The Morgan fingerprint density at radius 2 is 1.73 bits per heavy atom. The SMILES string of the molecule is COc1ccc(CCn2c(=O)c3c(C)c(C(=O)N4CCC(CC(=O)O)CC4)sc3n(CCC(F)(F)F)c2=O)cc1. The van der Waals surface area contributed by atoms with Crippen molar-refractivity contribution < 1.29 is 32.6 Å². The molecule has 1 fully saturated rings. The van der Waals surface area contributed by atoms with E-state index in [9.17, 15) is 32.3 Å². The predicted octanol–water partition coefficient (Wildman–Crippen LogP) is 4.06. The van der Waals surface area contributed by atoms with Crippen LogP contribution in [0.1, 0.15) is 46.5 Å². The summed E-state index contributed by atoms with van der Waals surface area (Å²) >= 11 is 0.853. The monoisotopic (exact) mass is 581 g/mol. The molecule has 0 spiro atoms. The topological polar surface area (TPSA) is 111 Å². The lowest BCUT2D eigenvalue weighted by atomic mass is 9.93. The van der Waals surface area contributed by atoms with Crippen molar-refractivity contribution in [3.63, 3.8) is 0 Å². The van der Waals surface area contributed by atoms with Crippen LogP contribution in [0.4, 0.5) is 13.2 Å². The fourth-order valence-electron chi connectivity index (χ4n) is 5.00. The van der Waals surface area contributed by atoms with E-state index in [1.165, 1.54) is 7.11 Å². The normalized spacial score (nSPS) is 14.6. The molecule has 1 aromatic carbocycles. The molecule has 0 unspecified atom stereocenters. The minimum atomic E-state index is -4.53. The zero-order chi connectivity index (χ0) is 29.2. The van der Waals surface area contributed by atoms with Gasteiger partial charge in [-0.25, -0.2) is 4.79 Å². The van der Waals surface area contributed by atoms with Crippen LogP contribution < -0.4 is 16.0 Å². The summed E-state index contributed by atoms with van der Waals surface area (Å²) in [6.07, 6.45) is -4.47. The summed E-state index contributed by atoms with van der Waals surface area (Å²) in [5, 5.41) is 9.10. The number of aromatic nitrogens is 2. The number of nitrogens with zero attached hydrogens (tertiary/aromatic N) is 3. The molecule has 1 aliphatic heterocycles. The van der Waals surface area contributed by atoms with E-state index in [4.69, 9.17) is 9.84 Å². The van der Waals surface area contributed by atoms with Gasteiger partial charge in [-0.2, -0.15) is 13.2 Å². The Kier molecular flexibility index (Phi) is 8.71. The van der Waals surface area contributed by atoms with Crippen molar-refractivity contribution in [2.75, 3.05) is 20.2 Å². The second-order valence-corrected chi connectivity index (χ2v) is 10.9. The number of carboxylic acids is 1. The average molecular weight is 582 g/mol. The summed E-state index contributed by atoms with van der Waals surface area (Å²) in [4.78, 5) is 53.1. The van der Waals surface area contributed by atoms with Crippen LogP contribution in [0.2, 0.25) is 0 Å². The first-order valence-corrected chi connectivity index (χ1v) is 13.7. The van der Waals surface area contributed by atoms with Crippen LogP contribution in [0.5, 0.6) is 5.75 Å². The minimum Gasteiger partial charge on any atom is -0.497 e. The number of thiophene rings is 1. The quantitative estimate of drug-likeness (QED) is 0.408. The summed E-state index contributed by atoms with van der Waals surface area (Å²) in [5.41, 5.74) is -0.380. The van der Waals surface area contributed by atoms with E-state index in [1.807, 2.05) is 0 Å². The molecular weight excluding hydrogens is 551 g/mol. The molecule has 216 valence electrons. The maximum Gasteiger partial charge on any atom is 0.390 e. The van der Waals surface area contributed by atoms with Crippen LogP contribution in [-0.4, -0.2) is 57.4 Å². The summed E-state index contributed by atoms with van der Waals surface area (Å²) in [7, 11) is 1.52. The van der Waals surface area contributed by atoms with E-state index in [0.717, 1.165) is 26.0 Å². The van der Waals surface area contributed by atoms with Gasteiger partial charge >= 0.3 is 17.8 Å². The number of benzene rings is 1. The third-order valence-corrected chi connectivity index (χ3v) is 8.56. The van der Waals surface area contributed by atoms with Crippen molar-refractivity contribution in [2.24, 2.45) is 5.92 Å². The molecule has 3 heterocycles. The Bertz CT molecular complexity index is 1520. The van der Waals surface area contributed by atoms with E-state index in [-0.39, 0.29) is 46.3 Å². The molecule has 40 heavy (non-hydrogen) atoms. The number of carboxylic acid groups (broad SMARTS) is 1. The molecule has 1 amide bonds. The average Bonchev–Trinajstić information content (AvgIpc) is 3.24. The Morgan fingerprint density at radius 1 is 1.07 bits per heavy atom. The van der Waals surface area contributed by atoms with Gasteiger partial charge in [0.1, 0.15) is 10.6 Å². The van der Waals surface area contributed by atoms with Crippen LogP contribution in [0.25, 0.3) is 10.2 Å². The van der Waals surface area contributed by atoms with E-state index in [1.54, 1.807) is 36.1 Å². The van der Waals surface area contributed by atoms with Crippen molar-refractivity contribution in [1.82, 2.24) is 14.0 Å². The van der Waals surface area contributed by atoms with Crippen molar-refractivity contribution in [1.29, 1.82) is 0 Å². The number of hydrogen-bond acceptors (Lipinski definition) is 6. The smallest absolute Gasteiger partial charge is 0.390 e. The molecule has 0 saturated carbocycles. The maximum absolute atomic E-state index is 13.5. The molecule has 1 N–H and O–H groups in total. The minimum absolute atomic E-state index is 0.0193. The van der Waals surface area contributed by atoms with E-state index in [0.29, 0.717) is 37.2 Å². The summed E-state index contributed by atoms with van der Waals surface area (Å²) in [6.45, 7) is 1.49. The molecule has 2 aromatic heterocycles. The van der Waals surface area contributed by atoms with Gasteiger partial charge in [0.05, 0.1) is 23.8 Å². The first-order valence-electron chi connectivity index (χ1n) is 12.9. The van der Waals surface area contributed by atoms with E-state index in [2.05, 4.69) is 0 Å². The zero-order valence-electron chi connectivity index (χ0n) is 22.1. The van der Waals surface area contributed by atoms with Crippen LogP contribution in [0, 0.1) is 12.8 Å². The number of aryl methyl sites for hydroxylation is 3. The van der Waals surface area contributed by atoms with Crippen LogP contribution in [0.3, 0.4) is 0 Å². The van der Waals surface area contributed by atoms with E-state index >= 15 is 0 Å². The molecular formula is C27H30F3N3O6S. The number of hydrogen-bond donors (Lipinski definition) is 1. The van der Waals surface area contributed by atoms with Gasteiger partial charge in [0.25, 0.3) is 11.5 Å². The number of likely N-dealkylation sites (tertiary alicyclic amines) is 1. The Labute approximate surface area is 231 Å². The second kappa shape index (κ2) is 11.9. The standard InChI is InChI=1S/C27H30F3N3O6S/c1-16-21-23(36)32(13-9-17-3-5-19(39-2)6-4-17)26(38)33(14-10-27(28,29)30)25(21)40-22(16)24(37)31-11-7-18(8-12-31)15-20(34)35/h3-6,18H,7-15H2,1-2H3,(H,34,35). The van der Waals surface area contributed by atoms with Gasteiger partial charge in [-0.1, -0.05) is 12.1 Å². The number of piperidine rings is 1. The molecule has 13 heteroatoms. The fraction of sp³-hybridized carbons (Fsp3) is 0.481. The highest BCUT2D eigenvalue weighted by Crippen LogP contribution is 2.31. The highest BCUT2D eigenvalue weighted by atomic mass is 32.1. The second-order valence-electron chi connectivity index (χ2n) is 9.92. The van der Waals surface area contributed by atoms with Crippen molar-refractivity contribution >= 4 is 33.4 Å². The molecule has 1 aliphatic rings. The number of methoxy groups -OCH3 is 1. The molecule has 1 saturated heterocycles. The first kappa shape index (κ1) is 29.4. The lowest BCUT2D eigenvalue weighted by Crippen LogP contribution is -2.40. The van der Waals surface area contributed by atoms with Gasteiger partial charge in [0.2, 0.25) is 0 Å². The highest BCUT2D eigenvalue weighted by molar-refractivity contribution is 7.20. The van der Waals surface area contributed by atoms with Crippen LogP contribution in [-0.2, 0) is 24.3 Å². The summed E-state index contributed by atoms with van der Waals surface area (Å²) in [5.74, 6) is -0.693. The molecule has 0 radical (unpaired) electrons. The number of rotatable bonds is 9. The highest BCUT2D eigenvalue weighted by Gasteiger charge is 2.31. The Morgan fingerprint density at radius 3 is 2.30 bits per heavy atom. The lowest BCUT2D eigenvalue weighted by Gasteiger charge is -2.31. The molecule has 9 nitrogen and oxygen atoms in total. The van der Waals surface area contributed by atoms with Gasteiger partial charge in [0.15, 0.2) is 0 Å². The maximum atomic E-state index is 13.5. The van der Waals surface area contributed by atoms with Gasteiger partial charge in [-0.05, 0) is 55.4 Å². The third kappa shape index (κ3) is 6.40. The third-order valence-electron chi connectivity index (χ3n) is 7.26. The summed E-state index contributed by atoms with van der Waals surface area (Å²) in [6, 6.07) is 7.01. The molecule has 0 bridgehead atoms. The number of aliphatic carboxylic acids is 1. The molecule has 4 rings (SSSR count). The number of carbonyl (C=O) groups excluding carboxylic acids is 1. The number of amides is 1. The number of alkyl halides is 3. The number of carbonyl (C=O) groups is 2. The fourth-order valence-corrected chi connectivity index (χ4v) is 6.28. The zero-order valence-corrected chi connectivity index (χ0v) is 22.9. The number of fused-ring (bicyclic) bond motifs is 1. The Balaban J connectivity index is 1.71.